The van der Waals surface area contributed by atoms with E-state index in [0.717, 1.165) is 18.5 Å². The number of ether oxygens (including phenoxy) is 1. The standard InChI is InChI=1S/C18H30N4O2/c1-13(16-12-19-9-10-20-16)22-15-8-6-5-7-14(15)11-21-17(23)24-18(2,3)4/h9-10,12-15,22H,5-8,11H2,1-4H3,(H,21,23)/t13-,14-,15+/m0/s1. The number of nitrogens with one attached hydrogen (secondary N) is 2. The monoisotopic (exact) mass is 334 g/mol. The van der Waals surface area contributed by atoms with Gasteiger partial charge in [-0.25, -0.2) is 4.79 Å². The van der Waals surface area contributed by atoms with Crippen molar-refractivity contribution in [1.82, 2.24) is 20.6 Å². The van der Waals surface area contributed by atoms with Crippen molar-refractivity contribution in [3.8, 4) is 0 Å². The van der Waals surface area contributed by atoms with Crippen molar-refractivity contribution >= 4 is 6.09 Å². The normalized spacial score (nSPS) is 22.7. The number of carbonyl (C=O) groups is 1. The van der Waals surface area contributed by atoms with Gasteiger partial charge in [-0.2, -0.15) is 0 Å². The topological polar surface area (TPSA) is 76.1 Å². The fourth-order valence-corrected chi connectivity index (χ4v) is 3.14. The lowest BCUT2D eigenvalue weighted by atomic mass is 9.84. The first-order valence-corrected chi connectivity index (χ1v) is 8.84. The van der Waals surface area contributed by atoms with E-state index in [1.165, 1.54) is 12.8 Å². The molecule has 1 aliphatic carbocycles. The van der Waals surface area contributed by atoms with Gasteiger partial charge in [0.1, 0.15) is 5.60 Å². The van der Waals surface area contributed by atoms with Gasteiger partial charge < -0.3 is 15.4 Å². The highest BCUT2D eigenvalue weighted by Crippen LogP contribution is 2.26. The summed E-state index contributed by atoms with van der Waals surface area (Å²) in [6, 6.07) is 0.511. The summed E-state index contributed by atoms with van der Waals surface area (Å²) >= 11 is 0. The van der Waals surface area contributed by atoms with Crippen molar-refractivity contribution < 1.29 is 9.53 Å². The number of aromatic nitrogens is 2. The highest BCUT2D eigenvalue weighted by molar-refractivity contribution is 5.67. The summed E-state index contributed by atoms with van der Waals surface area (Å²) in [6.07, 6.45) is 9.51. The third-order valence-electron chi connectivity index (χ3n) is 4.31. The molecule has 6 nitrogen and oxygen atoms in total. The van der Waals surface area contributed by atoms with Gasteiger partial charge in [0.05, 0.1) is 5.69 Å². The SMILES string of the molecule is C[C@H](N[C@@H]1CCCC[C@H]1CNC(=O)OC(C)(C)C)c1cnccn1. The second kappa shape index (κ2) is 8.42. The van der Waals surface area contributed by atoms with E-state index >= 15 is 0 Å². The van der Waals surface area contributed by atoms with Crippen LogP contribution in [0.5, 0.6) is 0 Å². The van der Waals surface area contributed by atoms with Crippen LogP contribution in [0.4, 0.5) is 4.79 Å². The zero-order valence-electron chi connectivity index (χ0n) is 15.2. The molecule has 0 unspecified atom stereocenters. The molecule has 2 rings (SSSR count). The molecule has 1 aromatic rings. The molecular weight excluding hydrogens is 304 g/mol. The largest absolute Gasteiger partial charge is 0.444 e. The second-order valence-corrected chi connectivity index (χ2v) is 7.55. The van der Waals surface area contributed by atoms with Crippen LogP contribution in [0.1, 0.15) is 65.1 Å². The van der Waals surface area contributed by atoms with Gasteiger partial charge in [-0.3, -0.25) is 9.97 Å². The molecule has 1 saturated carbocycles. The summed E-state index contributed by atoms with van der Waals surface area (Å²) < 4.78 is 5.33. The zero-order chi connectivity index (χ0) is 17.6. The number of alkyl carbamates (subject to hydrolysis) is 1. The number of carbonyl (C=O) groups excluding carboxylic acids is 1. The maximum absolute atomic E-state index is 11.9. The minimum absolute atomic E-state index is 0.144. The Labute approximate surface area is 144 Å². The Bertz CT molecular complexity index is 516. The molecule has 1 aromatic heterocycles. The maximum Gasteiger partial charge on any atom is 0.407 e. The van der Waals surface area contributed by atoms with Gasteiger partial charge in [-0.1, -0.05) is 12.8 Å². The molecule has 3 atom stereocenters. The van der Waals surface area contributed by atoms with E-state index in [1.54, 1.807) is 18.6 Å². The molecule has 0 aliphatic heterocycles. The van der Waals surface area contributed by atoms with Crippen LogP contribution in [-0.2, 0) is 4.74 Å². The summed E-state index contributed by atoms with van der Waals surface area (Å²) in [5, 5.41) is 6.59. The predicted molar refractivity (Wildman–Crippen MR) is 93.6 cm³/mol. The van der Waals surface area contributed by atoms with Crippen LogP contribution in [0.3, 0.4) is 0 Å². The van der Waals surface area contributed by atoms with Crippen molar-refractivity contribution in [3.05, 3.63) is 24.3 Å². The molecule has 24 heavy (non-hydrogen) atoms. The lowest BCUT2D eigenvalue weighted by molar-refractivity contribution is 0.0510. The zero-order valence-corrected chi connectivity index (χ0v) is 15.2. The van der Waals surface area contributed by atoms with Crippen LogP contribution in [0.2, 0.25) is 0 Å². The first-order chi connectivity index (χ1) is 11.3. The van der Waals surface area contributed by atoms with E-state index in [2.05, 4.69) is 27.5 Å². The average molecular weight is 334 g/mol. The van der Waals surface area contributed by atoms with E-state index < -0.39 is 5.60 Å². The predicted octanol–water partition coefficient (Wildman–Crippen LogP) is 3.21. The minimum Gasteiger partial charge on any atom is -0.444 e. The fourth-order valence-electron chi connectivity index (χ4n) is 3.14. The molecular formula is C18H30N4O2. The Morgan fingerprint density at radius 2 is 2.08 bits per heavy atom. The van der Waals surface area contributed by atoms with Gasteiger partial charge in [0.25, 0.3) is 0 Å². The molecule has 1 amide bonds. The van der Waals surface area contributed by atoms with Gasteiger partial charge in [-0.15, -0.1) is 0 Å². The van der Waals surface area contributed by atoms with Crippen molar-refractivity contribution in [2.45, 2.75) is 71.1 Å². The molecule has 2 N–H and O–H groups in total. The Kier molecular flexibility index (Phi) is 6.54. The molecule has 134 valence electrons. The lowest BCUT2D eigenvalue weighted by Gasteiger charge is -2.34. The number of hydrogen-bond donors (Lipinski definition) is 2. The molecule has 0 saturated heterocycles. The van der Waals surface area contributed by atoms with Gasteiger partial charge in [0, 0.05) is 37.2 Å². The van der Waals surface area contributed by atoms with Gasteiger partial charge in [0.2, 0.25) is 0 Å². The van der Waals surface area contributed by atoms with Crippen molar-refractivity contribution in [2.75, 3.05) is 6.54 Å². The summed E-state index contributed by atoms with van der Waals surface area (Å²) in [6.45, 7) is 8.37. The van der Waals surface area contributed by atoms with Crippen LogP contribution < -0.4 is 10.6 Å². The van der Waals surface area contributed by atoms with E-state index in [0.29, 0.717) is 18.5 Å². The van der Waals surface area contributed by atoms with Crippen LogP contribution in [0, 0.1) is 5.92 Å². The second-order valence-electron chi connectivity index (χ2n) is 7.55. The van der Waals surface area contributed by atoms with E-state index in [4.69, 9.17) is 4.74 Å². The van der Waals surface area contributed by atoms with Gasteiger partial charge >= 0.3 is 6.09 Å². The Morgan fingerprint density at radius 1 is 1.33 bits per heavy atom. The van der Waals surface area contributed by atoms with Crippen LogP contribution >= 0.6 is 0 Å². The smallest absolute Gasteiger partial charge is 0.407 e. The molecule has 6 heteroatoms. The van der Waals surface area contributed by atoms with Gasteiger partial charge in [-0.05, 0) is 46.5 Å². The maximum atomic E-state index is 11.9. The van der Waals surface area contributed by atoms with Crippen molar-refractivity contribution in [2.24, 2.45) is 5.92 Å². The summed E-state index contributed by atoms with van der Waals surface area (Å²) in [4.78, 5) is 20.4. The highest BCUT2D eigenvalue weighted by Gasteiger charge is 2.27. The summed E-state index contributed by atoms with van der Waals surface area (Å²) in [7, 11) is 0. The number of rotatable bonds is 5. The first-order valence-electron chi connectivity index (χ1n) is 8.84. The molecule has 0 aromatic carbocycles. The van der Waals surface area contributed by atoms with E-state index in [9.17, 15) is 4.79 Å². The Morgan fingerprint density at radius 3 is 2.75 bits per heavy atom. The molecule has 1 aliphatic rings. The highest BCUT2D eigenvalue weighted by atomic mass is 16.6. The van der Waals surface area contributed by atoms with Crippen molar-refractivity contribution in [1.29, 1.82) is 0 Å². The first kappa shape index (κ1) is 18.6. The third kappa shape index (κ3) is 6.07. The fraction of sp³-hybridized carbons (Fsp3) is 0.722. The number of amides is 1. The third-order valence-corrected chi connectivity index (χ3v) is 4.31. The Balaban J connectivity index is 1.87. The molecule has 0 spiro atoms. The lowest BCUT2D eigenvalue weighted by Crippen LogP contribution is -2.45. The van der Waals surface area contributed by atoms with Crippen LogP contribution in [-0.4, -0.2) is 34.2 Å². The number of nitrogens with zero attached hydrogens (tertiary/aromatic N) is 2. The molecule has 0 radical (unpaired) electrons. The van der Waals surface area contributed by atoms with E-state index in [1.807, 2.05) is 20.8 Å². The van der Waals surface area contributed by atoms with Crippen LogP contribution in [0.25, 0.3) is 0 Å². The van der Waals surface area contributed by atoms with E-state index in [-0.39, 0.29) is 12.1 Å². The molecule has 0 bridgehead atoms. The van der Waals surface area contributed by atoms with Gasteiger partial charge in [0.15, 0.2) is 0 Å². The molecule has 1 fully saturated rings. The quantitative estimate of drug-likeness (QED) is 0.865. The summed E-state index contributed by atoms with van der Waals surface area (Å²) in [5.74, 6) is 0.408. The Hall–Kier alpha value is -1.69. The van der Waals surface area contributed by atoms with Crippen LogP contribution in [0.15, 0.2) is 18.6 Å². The summed E-state index contributed by atoms with van der Waals surface area (Å²) in [5.41, 5.74) is 0.483. The molecule has 1 heterocycles. The number of hydrogen-bond acceptors (Lipinski definition) is 5. The van der Waals surface area contributed by atoms with Crippen molar-refractivity contribution in [3.63, 3.8) is 0 Å². The average Bonchev–Trinajstić information content (AvgIpc) is 2.53. The minimum atomic E-state index is -0.463.